The van der Waals surface area contributed by atoms with Gasteiger partial charge in [0.1, 0.15) is 0 Å². The van der Waals surface area contributed by atoms with Crippen LogP contribution in [0.15, 0.2) is 53.5 Å². The van der Waals surface area contributed by atoms with E-state index in [1.54, 1.807) is 7.11 Å². The van der Waals surface area contributed by atoms with Crippen LogP contribution in [-0.4, -0.2) is 32.9 Å². The Bertz CT molecular complexity index is 749. The van der Waals surface area contributed by atoms with Gasteiger partial charge in [-0.3, -0.25) is 4.90 Å². The van der Waals surface area contributed by atoms with Crippen molar-refractivity contribution in [1.82, 2.24) is 0 Å². The van der Waals surface area contributed by atoms with Crippen LogP contribution in [0.2, 0.25) is 0 Å². The zero-order valence-electron chi connectivity index (χ0n) is 13.0. The van der Waals surface area contributed by atoms with E-state index in [0.29, 0.717) is 13.2 Å². The van der Waals surface area contributed by atoms with Crippen LogP contribution in [0.25, 0.3) is 0 Å². The molecule has 0 aromatic heterocycles. The second-order valence-corrected chi connectivity index (χ2v) is 5.09. The van der Waals surface area contributed by atoms with Crippen molar-refractivity contribution in [3.63, 3.8) is 0 Å². The third kappa shape index (κ3) is 3.26. The molecule has 0 saturated carbocycles. The van der Waals surface area contributed by atoms with Crippen LogP contribution in [0.4, 0.5) is 11.4 Å². The first-order valence-electron chi connectivity index (χ1n) is 7.42. The van der Waals surface area contributed by atoms with Gasteiger partial charge >= 0.3 is 0 Å². The second kappa shape index (κ2) is 7.10. The molecule has 4 heteroatoms. The standard InChI is InChI=1S/C19H18N2O2/c1-3-15-7-6-9-17(13-15)21-18-10-5-4-8-16(18)14-20-19(21)23-12-11-22-2/h1,4-10,13-14,19H,11-12H2,2H3. The molecule has 1 aliphatic rings. The van der Waals surface area contributed by atoms with E-state index in [1.807, 2.05) is 53.6 Å². The highest BCUT2D eigenvalue weighted by Crippen LogP contribution is 2.34. The highest BCUT2D eigenvalue weighted by atomic mass is 16.5. The number of rotatable bonds is 5. The number of fused-ring (bicyclic) bond motifs is 1. The Labute approximate surface area is 136 Å². The largest absolute Gasteiger partial charge is 0.382 e. The minimum Gasteiger partial charge on any atom is -0.382 e. The molecule has 2 aromatic rings. The summed E-state index contributed by atoms with van der Waals surface area (Å²) in [5.41, 5.74) is 3.86. The van der Waals surface area contributed by atoms with Crippen LogP contribution in [0.5, 0.6) is 0 Å². The van der Waals surface area contributed by atoms with E-state index >= 15 is 0 Å². The predicted molar refractivity (Wildman–Crippen MR) is 92.2 cm³/mol. The van der Waals surface area contributed by atoms with Crippen molar-refractivity contribution >= 4 is 17.6 Å². The highest BCUT2D eigenvalue weighted by molar-refractivity contribution is 5.92. The zero-order valence-corrected chi connectivity index (χ0v) is 13.0. The van der Waals surface area contributed by atoms with E-state index in [1.165, 1.54) is 0 Å². The minimum atomic E-state index is -0.437. The van der Waals surface area contributed by atoms with E-state index in [9.17, 15) is 0 Å². The number of para-hydroxylation sites is 1. The van der Waals surface area contributed by atoms with Crippen LogP contribution in [0, 0.1) is 12.3 Å². The van der Waals surface area contributed by atoms with Gasteiger partial charge in [0.15, 0.2) is 0 Å². The lowest BCUT2D eigenvalue weighted by atomic mass is 10.1. The number of hydrogen-bond acceptors (Lipinski definition) is 4. The first kappa shape index (κ1) is 15.3. The average molecular weight is 306 g/mol. The third-order valence-electron chi connectivity index (χ3n) is 3.60. The van der Waals surface area contributed by atoms with Crippen molar-refractivity contribution in [2.24, 2.45) is 4.99 Å². The Kier molecular flexibility index (Phi) is 4.72. The summed E-state index contributed by atoms with van der Waals surface area (Å²) in [4.78, 5) is 6.57. The smallest absolute Gasteiger partial charge is 0.232 e. The van der Waals surface area contributed by atoms with Gasteiger partial charge in [0.05, 0.1) is 18.9 Å². The normalized spacial score (nSPS) is 16.0. The van der Waals surface area contributed by atoms with Gasteiger partial charge in [-0.25, -0.2) is 4.99 Å². The molecule has 0 radical (unpaired) electrons. The SMILES string of the molecule is C#Cc1cccc(N2c3ccccc3C=NC2OCCOC)c1. The Morgan fingerprint density at radius 3 is 2.87 bits per heavy atom. The molecule has 0 amide bonds. The monoisotopic (exact) mass is 306 g/mol. The Morgan fingerprint density at radius 2 is 2.04 bits per heavy atom. The molecule has 0 bridgehead atoms. The maximum Gasteiger partial charge on any atom is 0.232 e. The van der Waals surface area contributed by atoms with E-state index in [0.717, 1.165) is 22.5 Å². The molecule has 0 fully saturated rings. The quantitative estimate of drug-likeness (QED) is 0.628. The third-order valence-corrected chi connectivity index (χ3v) is 3.60. The van der Waals surface area contributed by atoms with Crippen molar-refractivity contribution in [3.8, 4) is 12.3 Å². The summed E-state index contributed by atoms with van der Waals surface area (Å²) in [7, 11) is 1.65. The maximum atomic E-state index is 5.87. The fraction of sp³-hybridized carbons (Fsp3) is 0.211. The van der Waals surface area contributed by atoms with E-state index in [-0.39, 0.29) is 0 Å². The minimum absolute atomic E-state index is 0.437. The van der Waals surface area contributed by atoms with E-state index in [4.69, 9.17) is 15.9 Å². The van der Waals surface area contributed by atoms with Crippen LogP contribution < -0.4 is 4.90 Å². The summed E-state index contributed by atoms with van der Waals surface area (Å²) < 4.78 is 10.9. The fourth-order valence-corrected chi connectivity index (χ4v) is 2.51. The first-order valence-corrected chi connectivity index (χ1v) is 7.42. The number of hydrogen-bond donors (Lipinski definition) is 0. The van der Waals surface area contributed by atoms with Gasteiger partial charge < -0.3 is 9.47 Å². The molecule has 116 valence electrons. The van der Waals surface area contributed by atoms with Crippen LogP contribution >= 0.6 is 0 Å². The molecule has 3 rings (SSSR count). The highest BCUT2D eigenvalue weighted by Gasteiger charge is 2.25. The lowest BCUT2D eigenvalue weighted by Gasteiger charge is -2.34. The average Bonchev–Trinajstić information content (AvgIpc) is 2.61. The Hall–Kier alpha value is -2.61. The summed E-state index contributed by atoms with van der Waals surface area (Å²) >= 11 is 0. The van der Waals surface area contributed by atoms with Crippen molar-refractivity contribution in [3.05, 3.63) is 59.7 Å². The van der Waals surface area contributed by atoms with Crippen LogP contribution in [0.3, 0.4) is 0 Å². The van der Waals surface area contributed by atoms with Gasteiger partial charge in [-0.05, 0) is 24.3 Å². The number of terminal acetylenes is 1. The molecule has 0 saturated heterocycles. The van der Waals surface area contributed by atoms with Crippen LogP contribution in [-0.2, 0) is 9.47 Å². The van der Waals surface area contributed by atoms with Crippen molar-refractivity contribution < 1.29 is 9.47 Å². The molecule has 0 spiro atoms. The Morgan fingerprint density at radius 1 is 1.17 bits per heavy atom. The fourth-order valence-electron chi connectivity index (χ4n) is 2.51. The number of nitrogens with zero attached hydrogens (tertiary/aromatic N) is 2. The molecule has 1 aliphatic heterocycles. The number of benzene rings is 2. The number of anilines is 2. The molecular formula is C19H18N2O2. The summed E-state index contributed by atoms with van der Waals surface area (Å²) in [6.07, 6.45) is 6.93. The van der Waals surface area contributed by atoms with Gasteiger partial charge in [0.2, 0.25) is 6.35 Å². The number of methoxy groups -OCH3 is 1. The predicted octanol–water partition coefficient (Wildman–Crippen LogP) is 3.19. The maximum absolute atomic E-state index is 5.87. The second-order valence-electron chi connectivity index (χ2n) is 5.09. The Balaban J connectivity index is 1.99. The van der Waals surface area contributed by atoms with Crippen molar-refractivity contribution in [2.45, 2.75) is 6.35 Å². The molecule has 0 N–H and O–H groups in total. The van der Waals surface area contributed by atoms with Crippen LogP contribution in [0.1, 0.15) is 11.1 Å². The molecule has 23 heavy (non-hydrogen) atoms. The lowest BCUT2D eigenvalue weighted by Crippen LogP contribution is -2.36. The van der Waals surface area contributed by atoms with Crippen molar-refractivity contribution in [2.75, 3.05) is 25.2 Å². The molecule has 1 heterocycles. The summed E-state index contributed by atoms with van der Waals surface area (Å²) in [6, 6.07) is 15.9. The topological polar surface area (TPSA) is 34.1 Å². The molecular weight excluding hydrogens is 288 g/mol. The molecule has 1 unspecified atom stereocenters. The lowest BCUT2D eigenvalue weighted by molar-refractivity contribution is 0.0248. The zero-order chi connectivity index (χ0) is 16.1. The molecule has 4 nitrogen and oxygen atoms in total. The van der Waals surface area contributed by atoms with Gasteiger partial charge in [-0.1, -0.05) is 30.2 Å². The molecule has 0 aliphatic carbocycles. The van der Waals surface area contributed by atoms with Gasteiger partial charge in [-0.2, -0.15) is 0 Å². The van der Waals surface area contributed by atoms with Gasteiger partial charge in [-0.15, -0.1) is 6.42 Å². The van der Waals surface area contributed by atoms with Crippen molar-refractivity contribution in [1.29, 1.82) is 0 Å². The molecule has 2 aromatic carbocycles. The number of ether oxygens (including phenoxy) is 2. The first-order chi connectivity index (χ1) is 11.3. The van der Waals surface area contributed by atoms with E-state index in [2.05, 4.69) is 17.0 Å². The molecule has 1 atom stereocenters. The van der Waals surface area contributed by atoms with E-state index < -0.39 is 6.35 Å². The number of aliphatic imine (C=N–C) groups is 1. The van der Waals surface area contributed by atoms with Gasteiger partial charge in [0, 0.05) is 30.1 Å². The summed E-state index contributed by atoms with van der Waals surface area (Å²) in [5, 5.41) is 0. The summed E-state index contributed by atoms with van der Waals surface area (Å²) in [6.45, 7) is 0.984. The summed E-state index contributed by atoms with van der Waals surface area (Å²) in [5.74, 6) is 2.67. The van der Waals surface area contributed by atoms with Gasteiger partial charge in [0.25, 0.3) is 0 Å².